The molecule has 70 valence electrons. The summed E-state index contributed by atoms with van der Waals surface area (Å²) in [5, 5.41) is 0. The largest absolute Gasteiger partial charge is 0.497 e. The predicted molar refractivity (Wildman–Crippen MR) is 56.6 cm³/mol. The second-order valence-electron chi connectivity index (χ2n) is 3.59. The van der Waals surface area contributed by atoms with Gasteiger partial charge >= 0.3 is 0 Å². The van der Waals surface area contributed by atoms with E-state index in [9.17, 15) is 0 Å². The number of thioether (sulfide) groups is 1. The van der Waals surface area contributed by atoms with Crippen LogP contribution in [0.1, 0.15) is 12.5 Å². The smallest absolute Gasteiger partial charge is 0.119 e. The molecular weight excluding hydrogens is 180 g/mol. The van der Waals surface area contributed by atoms with Gasteiger partial charge < -0.3 is 4.74 Å². The van der Waals surface area contributed by atoms with E-state index in [1.807, 2.05) is 11.8 Å². The van der Waals surface area contributed by atoms with Crippen LogP contribution in [0.2, 0.25) is 0 Å². The van der Waals surface area contributed by atoms with Crippen LogP contribution in [0.15, 0.2) is 23.1 Å². The molecule has 2 heteroatoms. The molecule has 1 heterocycles. The van der Waals surface area contributed by atoms with E-state index in [2.05, 4.69) is 25.1 Å². The van der Waals surface area contributed by atoms with Crippen molar-refractivity contribution in [3.63, 3.8) is 0 Å². The van der Waals surface area contributed by atoms with Crippen LogP contribution in [0.3, 0.4) is 0 Å². The molecule has 0 radical (unpaired) electrons. The molecule has 1 atom stereocenters. The van der Waals surface area contributed by atoms with Crippen LogP contribution in [-0.2, 0) is 6.42 Å². The van der Waals surface area contributed by atoms with Crippen molar-refractivity contribution < 1.29 is 4.74 Å². The van der Waals surface area contributed by atoms with Crippen LogP contribution < -0.4 is 4.74 Å². The van der Waals surface area contributed by atoms with Gasteiger partial charge in [-0.2, -0.15) is 0 Å². The van der Waals surface area contributed by atoms with E-state index in [0.717, 1.165) is 11.7 Å². The molecule has 0 aliphatic carbocycles. The quantitative estimate of drug-likeness (QED) is 0.679. The highest BCUT2D eigenvalue weighted by Gasteiger charge is 2.15. The highest BCUT2D eigenvalue weighted by atomic mass is 32.2. The number of methoxy groups -OCH3 is 1. The number of hydrogen-bond donors (Lipinski definition) is 0. The van der Waals surface area contributed by atoms with E-state index in [-0.39, 0.29) is 0 Å². The third-order valence-corrected chi connectivity index (χ3v) is 3.79. The Morgan fingerprint density at radius 2 is 2.31 bits per heavy atom. The van der Waals surface area contributed by atoms with E-state index in [0.29, 0.717) is 0 Å². The third kappa shape index (κ3) is 1.83. The Labute approximate surface area is 83.5 Å². The van der Waals surface area contributed by atoms with Crippen LogP contribution in [0.4, 0.5) is 0 Å². The van der Waals surface area contributed by atoms with E-state index in [1.54, 1.807) is 7.11 Å². The Morgan fingerprint density at radius 3 is 3.08 bits per heavy atom. The Hall–Kier alpha value is -0.630. The zero-order valence-electron chi connectivity index (χ0n) is 8.04. The average Bonchev–Trinajstić information content (AvgIpc) is 2.17. The van der Waals surface area contributed by atoms with Crippen molar-refractivity contribution >= 4 is 11.8 Å². The number of ether oxygens (including phenoxy) is 1. The highest BCUT2D eigenvalue weighted by Crippen LogP contribution is 2.34. The molecule has 1 nitrogen and oxygen atoms in total. The lowest BCUT2D eigenvalue weighted by molar-refractivity contribution is 0.413. The number of fused-ring (bicyclic) bond motifs is 1. The summed E-state index contributed by atoms with van der Waals surface area (Å²) in [5.41, 5.74) is 1.48. The number of hydrogen-bond acceptors (Lipinski definition) is 2. The summed E-state index contributed by atoms with van der Waals surface area (Å²) in [4.78, 5) is 1.40. The first-order valence-corrected chi connectivity index (χ1v) is 5.58. The monoisotopic (exact) mass is 194 g/mol. The summed E-state index contributed by atoms with van der Waals surface area (Å²) in [6, 6.07) is 6.39. The van der Waals surface area contributed by atoms with Gasteiger partial charge in [-0.15, -0.1) is 11.8 Å². The van der Waals surface area contributed by atoms with Gasteiger partial charge in [-0.3, -0.25) is 0 Å². The number of benzene rings is 1. The second kappa shape index (κ2) is 3.62. The summed E-state index contributed by atoms with van der Waals surface area (Å²) in [6.45, 7) is 2.31. The molecule has 0 aromatic heterocycles. The first-order valence-electron chi connectivity index (χ1n) is 4.59. The molecule has 1 unspecified atom stereocenters. The first kappa shape index (κ1) is 8.95. The normalized spacial score (nSPS) is 20.9. The molecule has 1 aliphatic heterocycles. The van der Waals surface area contributed by atoms with Crippen molar-refractivity contribution in [1.29, 1.82) is 0 Å². The van der Waals surface area contributed by atoms with Crippen LogP contribution in [0.25, 0.3) is 0 Å². The van der Waals surface area contributed by atoms with Gasteiger partial charge in [0.25, 0.3) is 0 Å². The van der Waals surface area contributed by atoms with Crippen molar-refractivity contribution in [1.82, 2.24) is 0 Å². The van der Waals surface area contributed by atoms with E-state index >= 15 is 0 Å². The highest BCUT2D eigenvalue weighted by molar-refractivity contribution is 7.99. The van der Waals surface area contributed by atoms with Crippen molar-refractivity contribution in [3.8, 4) is 5.75 Å². The predicted octanol–water partition coefficient (Wildman–Crippen LogP) is 2.98. The van der Waals surface area contributed by atoms with Crippen molar-refractivity contribution in [2.45, 2.75) is 18.2 Å². The van der Waals surface area contributed by atoms with E-state index in [4.69, 9.17) is 4.74 Å². The van der Waals surface area contributed by atoms with E-state index in [1.165, 1.54) is 22.6 Å². The SMILES string of the molecule is COc1ccc2c(c1)SCC(C)C2. The third-order valence-electron chi connectivity index (χ3n) is 2.37. The van der Waals surface area contributed by atoms with Gasteiger partial charge in [0, 0.05) is 10.6 Å². The molecule has 0 saturated heterocycles. The van der Waals surface area contributed by atoms with E-state index < -0.39 is 0 Å². The second-order valence-corrected chi connectivity index (χ2v) is 4.66. The molecular formula is C11H14OS. The zero-order chi connectivity index (χ0) is 9.26. The van der Waals surface area contributed by atoms with Crippen molar-refractivity contribution in [2.24, 2.45) is 5.92 Å². The summed E-state index contributed by atoms with van der Waals surface area (Å²) < 4.78 is 5.19. The Bertz CT molecular complexity index is 309. The van der Waals surface area contributed by atoms with Gasteiger partial charge in [0.2, 0.25) is 0 Å². The van der Waals surface area contributed by atoms with Gasteiger partial charge in [0.05, 0.1) is 7.11 Å². The van der Waals surface area contributed by atoms with Gasteiger partial charge in [-0.05, 0) is 30.0 Å². The molecule has 1 aromatic rings. The maximum Gasteiger partial charge on any atom is 0.119 e. The summed E-state index contributed by atoms with van der Waals surface area (Å²) >= 11 is 1.95. The molecule has 13 heavy (non-hydrogen) atoms. The van der Waals surface area contributed by atoms with Gasteiger partial charge in [-0.25, -0.2) is 0 Å². The van der Waals surface area contributed by atoms with Crippen LogP contribution in [0, 0.1) is 5.92 Å². The fraction of sp³-hybridized carbons (Fsp3) is 0.455. The van der Waals surface area contributed by atoms with Crippen molar-refractivity contribution in [3.05, 3.63) is 23.8 Å². The topological polar surface area (TPSA) is 9.23 Å². The molecule has 0 N–H and O–H groups in total. The molecule has 0 fully saturated rings. The molecule has 1 aliphatic rings. The molecule has 2 rings (SSSR count). The fourth-order valence-corrected chi connectivity index (χ4v) is 2.75. The molecule has 1 aromatic carbocycles. The Balaban J connectivity index is 2.31. The van der Waals surface area contributed by atoms with Crippen LogP contribution in [0.5, 0.6) is 5.75 Å². The lowest BCUT2D eigenvalue weighted by Gasteiger charge is -2.21. The zero-order valence-corrected chi connectivity index (χ0v) is 8.86. The Morgan fingerprint density at radius 1 is 1.46 bits per heavy atom. The minimum absolute atomic E-state index is 0.811. The van der Waals surface area contributed by atoms with Gasteiger partial charge in [0.1, 0.15) is 5.75 Å². The maximum absolute atomic E-state index is 5.19. The standard InChI is InChI=1S/C11H14OS/c1-8-5-9-3-4-10(12-2)6-11(9)13-7-8/h3-4,6,8H,5,7H2,1-2H3. The van der Waals surface area contributed by atoms with Crippen LogP contribution in [-0.4, -0.2) is 12.9 Å². The Kier molecular flexibility index (Phi) is 2.49. The molecule has 0 spiro atoms. The maximum atomic E-state index is 5.19. The molecule has 0 amide bonds. The molecule has 0 saturated carbocycles. The van der Waals surface area contributed by atoms with Crippen LogP contribution >= 0.6 is 11.8 Å². The summed E-state index contributed by atoms with van der Waals surface area (Å²) in [6.07, 6.45) is 1.21. The lowest BCUT2D eigenvalue weighted by Crippen LogP contribution is -2.09. The first-order chi connectivity index (χ1) is 6.29. The average molecular weight is 194 g/mol. The minimum Gasteiger partial charge on any atom is -0.497 e. The van der Waals surface area contributed by atoms with Gasteiger partial charge in [-0.1, -0.05) is 13.0 Å². The van der Waals surface area contributed by atoms with Crippen molar-refractivity contribution in [2.75, 3.05) is 12.9 Å². The minimum atomic E-state index is 0.811. The lowest BCUT2D eigenvalue weighted by atomic mass is 10.0. The fourth-order valence-electron chi connectivity index (χ4n) is 1.63. The summed E-state index contributed by atoms with van der Waals surface area (Å²) in [5.74, 6) is 3.02. The van der Waals surface area contributed by atoms with Gasteiger partial charge in [0.15, 0.2) is 0 Å². The molecule has 0 bridgehead atoms. The summed E-state index contributed by atoms with van der Waals surface area (Å²) in [7, 11) is 1.72. The number of rotatable bonds is 1.